The largest absolute Gasteiger partial charge is 0.339 e. The number of likely N-dealkylation sites (N-methyl/N-ethyl adjacent to an activating group) is 1. The third kappa shape index (κ3) is 2.94. The highest BCUT2D eigenvalue weighted by Gasteiger charge is 2.20. The summed E-state index contributed by atoms with van der Waals surface area (Å²) in [5.41, 5.74) is 5.94. The highest BCUT2D eigenvalue weighted by atomic mass is 32.1. The number of carbonyl (C=O) groups excluding carboxylic acids is 1. The van der Waals surface area contributed by atoms with Crippen molar-refractivity contribution in [2.45, 2.75) is 12.6 Å². The lowest BCUT2D eigenvalue weighted by Gasteiger charge is -2.20. The van der Waals surface area contributed by atoms with E-state index in [1.807, 2.05) is 35.0 Å². The first-order valence-corrected chi connectivity index (χ1v) is 7.01. The van der Waals surface area contributed by atoms with E-state index in [0.29, 0.717) is 6.54 Å². The van der Waals surface area contributed by atoms with E-state index in [1.54, 1.807) is 23.3 Å². The fourth-order valence-electron chi connectivity index (χ4n) is 1.54. The van der Waals surface area contributed by atoms with Crippen LogP contribution in [0.5, 0.6) is 0 Å². The van der Waals surface area contributed by atoms with Crippen molar-refractivity contribution >= 4 is 28.6 Å². The minimum absolute atomic E-state index is 0.0409. The Morgan fingerprint density at radius 1 is 1.35 bits per heavy atom. The molecule has 2 aromatic heterocycles. The van der Waals surface area contributed by atoms with Crippen LogP contribution in [-0.4, -0.2) is 17.9 Å². The van der Waals surface area contributed by atoms with Gasteiger partial charge in [-0.2, -0.15) is 0 Å². The lowest BCUT2D eigenvalue weighted by atomic mass is 10.2. The summed E-state index contributed by atoms with van der Waals surface area (Å²) in [6.07, 6.45) is 0. The van der Waals surface area contributed by atoms with Crippen molar-refractivity contribution in [3.63, 3.8) is 0 Å². The van der Waals surface area contributed by atoms with Crippen LogP contribution in [0.4, 0.5) is 0 Å². The molecule has 0 aromatic carbocycles. The molecule has 0 radical (unpaired) electrons. The second-order valence-corrected chi connectivity index (χ2v) is 5.78. The molecule has 5 heteroatoms. The van der Waals surface area contributed by atoms with Crippen molar-refractivity contribution < 1.29 is 4.79 Å². The van der Waals surface area contributed by atoms with Crippen molar-refractivity contribution in [1.82, 2.24) is 4.90 Å². The molecule has 90 valence electrons. The Morgan fingerprint density at radius 2 is 2.06 bits per heavy atom. The maximum Gasteiger partial charge on any atom is 0.244 e. The SMILES string of the molecule is CN(Cc1cccs1)C(=O)C(N)c1cccs1. The van der Waals surface area contributed by atoms with Crippen LogP contribution in [0.15, 0.2) is 35.0 Å². The third-order valence-electron chi connectivity index (χ3n) is 2.47. The first kappa shape index (κ1) is 12.3. The van der Waals surface area contributed by atoms with E-state index in [0.717, 1.165) is 4.88 Å². The zero-order valence-corrected chi connectivity index (χ0v) is 11.1. The van der Waals surface area contributed by atoms with E-state index in [4.69, 9.17) is 5.73 Å². The predicted octanol–water partition coefficient (Wildman–Crippen LogP) is 2.47. The minimum atomic E-state index is -0.542. The summed E-state index contributed by atoms with van der Waals surface area (Å²) >= 11 is 3.16. The Labute approximate surface area is 108 Å². The van der Waals surface area contributed by atoms with Crippen LogP contribution in [0.3, 0.4) is 0 Å². The van der Waals surface area contributed by atoms with Gasteiger partial charge in [-0.3, -0.25) is 4.79 Å². The second kappa shape index (κ2) is 5.44. The van der Waals surface area contributed by atoms with E-state index >= 15 is 0 Å². The van der Waals surface area contributed by atoms with Gasteiger partial charge < -0.3 is 10.6 Å². The molecule has 1 unspecified atom stereocenters. The molecule has 3 nitrogen and oxygen atoms in total. The average molecular weight is 266 g/mol. The average Bonchev–Trinajstić information content (AvgIpc) is 2.99. The van der Waals surface area contributed by atoms with Crippen LogP contribution < -0.4 is 5.73 Å². The van der Waals surface area contributed by atoms with Gasteiger partial charge in [-0.1, -0.05) is 12.1 Å². The summed E-state index contributed by atoms with van der Waals surface area (Å²) in [6, 6.07) is 7.27. The summed E-state index contributed by atoms with van der Waals surface area (Å²) in [6.45, 7) is 0.621. The maximum absolute atomic E-state index is 12.1. The van der Waals surface area contributed by atoms with Gasteiger partial charge in [0.15, 0.2) is 0 Å². The van der Waals surface area contributed by atoms with Crippen LogP contribution in [-0.2, 0) is 11.3 Å². The number of carbonyl (C=O) groups is 1. The van der Waals surface area contributed by atoms with Crippen molar-refractivity contribution in [1.29, 1.82) is 0 Å². The number of hydrogen-bond donors (Lipinski definition) is 1. The first-order chi connectivity index (χ1) is 8.18. The molecule has 0 fully saturated rings. The Morgan fingerprint density at radius 3 is 2.65 bits per heavy atom. The standard InChI is InChI=1S/C12H14N2OS2/c1-14(8-9-4-2-6-16-9)12(15)11(13)10-5-3-7-17-10/h2-7,11H,8,13H2,1H3. The van der Waals surface area contributed by atoms with Crippen LogP contribution in [0.1, 0.15) is 15.8 Å². The predicted molar refractivity (Wildman–Crippen MR) is 72.0 cm³/mol. The third-order valence-corrected chi connectivity index (χ3v) is 4.28. The molecule has 0 saturated heterocycles. The smallest absolute Gasteiger partial charge is 0.244 e. The van der Waals surface area contributed by atoms with Crippen molar-refractivity contribution in [2.75, 3.05) is 7.05 Å². The molecule has 17 heavy (non-hydrogen) atoms. The lowest BCUT2D eigenvalue weighted by Crippen LogP contribution is -2.34. The normalized spacial score (nSPS) is 12.4. The molecule has 0 aliphatic rings. The molecule has 0 saturated carbocycles. The first-order valence-electron chi connectivity index (χ1n) is 5.25. The zero-order valence-electron chi connectivity index (χ0n) is 9.50. The molecule has 2 aromatic rings. The Hall–Kier alpha value is -1.17. The van der Waals surface area contributed by atoms with Gasteiger partial charge in [0, 0.05) is 16.8 Å². The molecule has 1 atom stereocenters. The molecule has 2 rings (SSSR count). The lowest BCUT2D eigenvalue weighted by molar-refractivity contribution is -0.131. The van der Waals surface area contributed by atoms with E-state index in [1.165, 1.54) is 16.2 Å². The number of nitrogens with two attached hydrogens (primary N) is 1. The fourth-order valence-corrected chi connectivity index (χ4v) is 3.02. The number of rotatable bonds is 4. The summed E-state index contributed by atoms with van der Waals surface area (Å²) in [4.78, 5) is 15.8. The number of hydrogen-bond acceptors (Lipinski definition) is 4. The number of nitrogens with zero attached hydrogens (tertiary/aromatic N) is 1. The van der Waals surface area contributed by atoms with Gasteiger partial charge >= 0.3 is 0 Å². The highest BCUT2D eigenvalue weighted by Crippen LogP contribution is 2.19. The van der Waals surface area contributed by atoms with Gasteiger partial charge in [0.2, 0.25) is 5.91 Å². The quantitative estimate of drug-likeness (QED) is 0.924. The second-order valence-electron chi connectivity index (χ2n) is 3.77. The van der Waals surface area contributed by atoms with Crippen molar-refractivity contribution in [2.24, 2.45) is 5.73 Å². The molecule has 2 N–H and O–H groups in total. The number of amides is 1. The number of thiophene rings is 2. The molecular formula is C12H14N2OS2. The maximum atomic E-state index is 12.1. The monoisotopic (exact) mass is 266 g/mol. The minimum Gasteiger partial charge on any atom is -0.339 e. The Balaban J connectivity index is 2.00. The topological polar surface area (TPSA) is 46.3 Å². The highest BCUT2D eigenvalue weighted by molar-refractivity contribution is 7.10. The molecule has 0 bridgehead atoms. The zero-order chi connectivity index (χ0) is 12.3. The van der Waals surface area contributed by atoms with Crippen LogP contribution in [0, 0.1) is 0 Å². The van der Waals surface area contributed by atoms with E-state index in [-0.39, 0.29) is 5.91 Å². The van der Waals surface area contributed by atoms with E-state index in [2.05, 4.69) is 0 Å². The Bertz CT molecular complexity index is 465. The van der Waals surface area contributed by atoms with Gasteiger partial charge in [-0.25, -0.2) is 0 Å². The molecular weight excluding hydrogens is 252 g/mol. The summed E-state index contributed by atoms with van der Waals surface area (Å²) in [5, 5.41) is 3.94. The van der Waals surface area contributed by atoms with E-state index in [9.17, 15) is 4.79 Å². The van der Waals surface area contributed by atoms with Crippen LogP contribution in [0.25, 0.3) is 0 Å². The molecule has 0 spiro atoms. The summed E-state index contributed by atoms with van der Waals surface area (Å²) < 4.78 is 0. The summed E-state index contributed by atoms with van der Waals surface area (Å²) in [7, 11) is 1.79. The van der Waals surface area contributed by atoms with Crippen molar-refractivity contribution in [3.05, 3.63) is 44.8 Å². The molecule has 0 aliphatic carbocycles. The van der Waals surface area contributed by atoms with Gasteiger partial charge in [0.1, 0.15) is 6.04 Å². The van der Waals surface area contributed by atoms with Gasteiger partial charge in [-0.05, 0) is 22.9 Å². The van der Waals surface area contributed by atoms with Gasteiger partial charge in [0.25, 0.3) is 0 Å². The Kier molecular flexibility index (Phi) is 3.93. The molecule has 2 heterocycles. The van der Waals surface area contributed by atoms with Gasteiger partial charge in [-0.15, -0.1) is 22.7 Å². The fraction of sp³-hybridized carbons (Fsp3) is 0.250. The molecule has 0 aliphatic heterocycles. The van der Waals surface area contributed by atoms with Crippen LogP contribution in [0.2, 0.25) is 0 Å². The van der Waals surface area contributed by atoms with Gasteiger partial charge in [0.05, 0.1) is 6.54 Å². The molecule has 1 amide bonds. The van der Waals surface area contributed by atoms with Crippen LogP contribution >= 0.6 is 22.7 Å². The summed E-state index contributed by atoms with van der Waals surface area (Å²) in [5.74, 6) is -0.0409. The van der Waals surface area contributed by atoms with Crippen molar-refractivity contribution in [3.8, 4) is 0 Å². The van der Waals surface area contributed by atoms with E-state index < -0.39 is 6.04 Å².